The summed E-state index contributed by atoms with van der Waals surface area (Å²) in [5, 5.41) is 4.00. The van der Waals surface area contributed by atoms with Gasteiger partial charge in [-0.3, -0.25) is 9.69 Å². The van der Waals surface area contributed by atoms with E-state index in [2.05, 4.69) is 42.4 Å². The number of amides is 1. The first kappa shape index (κ1) is 23.9. The topological polar surface area (TPSA) is 91.3 Å². The largest absolute Gasteiger partial charge is 0.496 e. The lowest BCUT2D eigenvalue weighted by atomic mass is 10.2. The lowest BCUT2D eigenvalue weighted by Gasteiger charge is -2.33. The number of carbonyl (C=O) groups is 1. The molecule has 11 heteroatoms. The zero-order chi connectivity index (χ0) is 22.4. The molecule has 0 atom stereocenters. The second-order valence-corrected chi connectivity index (χ2v) is 10.6. The maximum atomic E-state index is 12.8. The average molecular weight is 574 g/mol. The van der Waals surface area contributed by atoms with Gasteiger partial charge >= 0.3 is 0 Å². The van der Waals surface area contributed by atoms with Gasteiger partial charge in [0.1, 0.15) is 5.75 Å². The molecule has 0 unspecified atom stereocenters. The molecule has 1 heterocycles. The molecule has 1 saturated heterocycles. The summed E-state index contributed by atoms with van der Waals surface area (Å²) in [7, 11) is -1.97. The van der Waals surface area contributed by atoms with Gasteiger partial charge in [-0.1, -0.05) is 31.9 Å². The predicted octanol–water partition coefficient (Wildman–Crippen LogP) is 2.68. The van der Waals surface area contributed by atoms with Gasteiger partial charge in [0, 0.05) is 40.7 Å². The summed E-state index contributed by atoms with van der Waals surface area (Å²) < 4.78 is 33.9. The van der Waals surface area contributed by atoms with E-state index in [0.29, 0.717) is 31.9 Å². The summed E-state index contributed by atoms with van der Waals surface area (Å²) in [4.78, 5) is 14.4. The normalized spacial score (nSPS) is 15.8. The maximum Gasteiger partial charge on any atom is 0.254 e. The van der Waals surface area contributed by atoms with Crippen LogP contribution < -0.4 is 10.2 Å². The Bertz CT molecular complexity index is 1050. The Morgan fingerprint density at radius 2 is 1.74 bits per heavy atom. The molecule has 0 spiro atoms. The molecule has 1 aliphatic heterocycles. The Kier molecular flexibility index (Phi) is 8.23. The second kappa shape index (κ2) is 10.7. The molecular formula is C20H22Br2N4O4S. The van der Waals surface area contributed by atoms with Crippen molar-refractivity contribution in [3.05, 3.63) is 57.0 Å². The molecule has 0 aromatic heterocycles. The number of rotatable bonds is 7. The molecule has 1 aliphatic rings. The molecule has 3 rings (SSSR count). The third-order valence-corrected chi connectivity index (χ3v) is 7.67. The van der Waals surface area contributed by atoms with Crippen LogP contribution in [0.4, 0.5) is 0 Å². The third kappa shape index (κ3) is 6.36. The zero-order valence-electron chi connectivity index (χ0n) is 16.8. The number of nitrogens with zero attached hydrogens (tertiary/aromatic N) is 3. The van der Waals surface area contributed by atoms with Crippen LogP contribution in [0.2, 0.25) is 0 Å². The van der Waals surface area contributed by atoms with Crippen LogP contribution in [0.25, 0.3) is 0 Å². The number of hydrogen-bond acceptors (Lipinski definition) is 6. The lowest BCUT2D eigenvalue weighted by Crippen LogP contribution is -2.50. The molecule has 31 heavy (non-hydrogen) atoms. The van der Waals surface area contributed by atoms with Crippen LogP contribution in [0.5, 0.6) is 5.75 Å². The molecule has 8 nitrogen and oxygen atoms in total. The summed E-state index contributed by atoms with van der Waals surface area (Å²) in [5.74, 6) is 0.374. The van der Waals surface area contributed by atoms with E-state index in [1.54, 1.807) is 37.4 Å². The number of piperazine rings is 1. The molecule has 1 fully saturated rings. The van der Waals surface area contributed by atoms with E-state index < -0.39 is 10.0 Å². The molecule has 1 amide bonds. The fourth-order valence-electron chi connectivity index (χ4n) is 3.10. The van der Waals surface area contributed by atoms with Crippen LogP contribution >= 0.6 is 31.9 Å². The number of halogens is 2. The Morgan fingerprint density at radius 3 is 2.39 bits per heavy atom. The monoisotopic (exact) mass is 572 g/mol. The van der Waals surface area contributed by atoms with Gasteiger partial charge in [0.15, 0.2) is 0 Å². The molecule has 2 aromatic rings. The van der Waals surface area contributed by atoms with Crippen molar-refractivity contribution in [2.24, 2.45) is 5.10 Å². The van der Waals surface area contributed by atoms with Gasteiger partial charge in [-0.15, -0.1) is 0 Å². The second-order valence-electron chi connectivity index (χ2n) is 6.81. The predicted molar refractivity (Wildman–Crippen MR) is 126 cm³/mol. The molecule has 166 valence electrons. The fourth-order valence-corrected chi connectivity index (χ4v) is 5.17. The van der Waals surface area contributed by atoms with Crippen LogP contribution in [0.1, 0.15) is 5.56 Å². The number of sulfonamides is 1. The Hall–Kier alpha value is -1.79. The molecule has 0 saturated carbocycles. The smallest absolute Gasteiger partial charge is 0.254 e. The first-order valence-corrected chi connectivity index (χ1v) is 12.5. The number of hydrogen-bond donors (Lipinski definition) is 1. The maximum absolute atomic E-state index is 12.8. The minimum atomic E-state index is -3.54. The quantitative estimate of drug-likeness (QED) is 0.406. The summed E-state index contributed by atoms with van der Waals surface area (Å²) in [6.45, 7) is 1.71. The molecule has 0 aliphatic carbocycles. The summed E-state index contributed by atoms with van der Waals surface area (Å²) in [5.41, 5.74) is 3.23. The van der Waals surface area contributed by atoms with E-state index in [1.807, 2.05) is 17.0 Å². The van der Waals surface area contributed by atoms with E-state index in [0.717, 1.165) is 14.5 Å². The molecule has 0 radical (unpaired) electrons. The van der Waals surface area contributed by atoms with Gasteiger partial charge < -0.3 is 4.74 Å². The lowest BCUT2D eigenvalue weighted by molar-refractivity contribution is -0.122. The van der Waals surface area contributed by atoms with Crippen molar-refractivity contribution in [3.63, 3.8) is 0 Å². The van der Waals surface area contributed by atoms with Gasteiger partial charge in [-0.2, -0.15) is 9.41 Å². The zero-order valence-corrected chi connectivity index (χ0v) is 20.8. The molecule has 0 bridgehead atoms. The van der Waals surface area contributed by atoms with Crippen LogP contribution in [-0.2, 0) is 14.8 Å². The minimum absolute atomic E-state index is 0.138. The summed E-state index contributed by atoms with van der Waals surface area (Å²) in [6, 6.07) is 12.1. The van der Waals surface area contributed by atoms with Gasteiger partial charge in [0.25, 0.3) is 5.91 Å². The Morgan fingerprint density at radius 1 is 1.10 bits per heavy atom. The molecular weight excluding hydrogens is 552 g/mol. The van der Waals surface area contributed by atoms with Crippen molar-refractivity contribution < 1.29 is 17.9 Å². The average Bonchev–Trinajstić information content (AvgIpc) is 2.74. The van der Waals surface area contributed by atoms with E-state index in [9.17, 15) is 13.2 Å². The van der Waals surface area contributed by atoms with Gasteiger partial charge in [-0.25, -0.2) is 13.8 Å². The highest BCUT2D eigenvalue weighted by Gasteiger charge is 2.28. The number of ether oxygens (including phenoxy) is 1. The summed E-state index contributed by atoms with van der Waals surface area (Å²) in [6.07, 6.45) is 1.52. The van der Waals surface area contributed by atoms with E-state index >= 15 is 0 Å². The minimum Gasteiger partial charge on any atom is -0.496 e. The number of methoxy groups -OCH3 is 1. The highest BCUT2D eigenvalue weighted by Crippen LogP contribution is 2.21. The van der Waals surface area contributed by atoms with E-state index in [4.69, 9.17) is 4.74 Å². The van der Waals surface area contributed by atoms with Gasteiger partial charge in [-0.05, 0) is 42.5 Å². The van der Waals surface area contributed by atoms with E-state index in [1.165, 1.54) is 10.5 Å². The summed E-state index contributed by atoms with van der Waals surface area (Å²) >= 11 is 6.70. The van der Waals surface area contributed by atoms with Gasteiger partial charge in [0.05, 0.1) is 24.8 Å². The van der Waals surface area contributed by atoms with Crippen LogP contribution in [0, 0.1) is 0 Å². The first-order chi connectivity index (χ1) is 14.8. The highest BCUT2D eigenvalue weighted by molar-refractivity contribution is 9.10. The standard InChI is InChI=1S/C20H22Br2N4O4S/c1-30-19-7-4-17(22)12-15(19)13-23-24-20(27)14-25-8-10-26(11-9-25)31(28,29)18-5-2-16(21)3-6-18/h2-7,12-13H,8-11,14H2,1H3,(H,24,27). The van der Waals surface area contributed by atoms with Crippen molar-refractivity contribution >= 4 is 54.0 Å². The van der Waals surface area contributed by atoms with Crippen LogP contribution in [0.15, 0.2) is 61.4 Å². The number of carbonyl (C=O) groups excluding carboxylic acids is 1. The number of hydrazone groups is 1. The highest BCUT2D eigenvalue weighted by atomic mass is 79.9. The van der Waals surface area contributed by atoms with Crippen molar-refractivity contribution in [1.29, 1.82) is 0 Å². The van der Waals surface area contributed by atoms with E-state index in [-0.39, 0.29) is 17.3 Å². The van der Waals surface area contributed by atoms with Crippen molar-refractivity contribution in [2.45, 2.75) is 4.90 Å². The molecule has 2 aromatic carbocycles. The van der Waals surface area contributed by atoms with Crippen LogP contribution in [-0.4, -0.2) is 69.6 Å². The number of benzene rings is 2. The van der Waals surface area contributed by atoms with Crippen molar-refractivity contribution in [1.82, 2.24) is 14.6 Å². The fraction of sp³-hybridized carbons (Fsp3) is 0.300. The first-order valence-electron chi connectivity index (χ1n) is 9.43. The Balaban J connectivity index is 1.50. The SMILES string of the molecule is COc1ccc(Br)cc1C=NNC(=O)CN1CCN(S(=O)(=O)c2ccc(Br)cc2)CC1. The Labute approximate surface area is 198 Å². The van der Waals surface area contributed by atoms with Crippen LogP contribution in [0.3, 0.4) is 0 Å². The number of nitrogens with one attached hydrogen (secondary N) is 1. The van der Waals surface area contributed by atoms with Crippen molar-refractivity contribution in [3.8, 4) is 5.75 Å². The molecule has 1 N–H and O–H groups in total. The van der Waals surface area contributed by atoms with Crippen molar-refractivity contribution in [2.75, 3.05) is 39.8 Å². The third-order valence-electron chi connectivity index (χ3n) is 4.73. The van der Waals surface area contributed by atoms with Gasteiger partial charge in [0.2, 0.25) is 10.0 Å².